The molecule has 0 aromatic carbocycles. The highest BCUT2D eigenvalue weighted by molar-refractivity contribution is 5.71. The molecule has 6 nitrogen and oxygen atoms in total. The van der Waals surface area contributed by atoms with Crippen LogP contribution in [0.5, 0.6) is 0 Å². The molecule has 0 bridgehead atoms. The molecule has 0 rings (SSSR count). The first-order valence-electron chi connectivity index (χ1n) is 28.8. The fourth-order valence-electron chi connectivity index (χ4n) is 7.81. The second-order valence-corrected chi connectivity index (χ2v) is 18.9. The van der Waals surface area contributed by atoms with Crippen molar-refractivity contribution < 1.29 is 28.6 Å². The van der Waals surface area contributed by atoms with Gasteiger partial charge in [0, 0.05) is 19.3 Å². The van der Waals surface area contributed by atoms with Crippen LogP contribution in [0.15, 0.2) is 97.2 Å². The molecule has 0 heterocycles. The van der Waals surface area contributed by atoms with Gasteiger partial charge in [-0.3, -0.25) is 14.4 Å². The number of esters is 3. The van der Waals surface area contributed by atoms with E-state index in [4.69, 9.17) is 14.2 Å². The number of carbonyl (C=O) groups excluding carboxylic acids is 3. The van der Waals surface area contributed by atoms with Gasteiger partial charge in [0.2, 0.25) is 0 Å². The molecule has 0 aromatic heterocycles. The Hall–Kier alpha value is -3.67. The van der Waals surface area contributed by atoms with E-state index in [0.29, 0.717) is 19.3 Å². The first-order valence-corrected chi connectivity index (χ1v) is 28.8. The van der Waals surface area contributed by atoms with Gasteiger partial charge in [-0.25, -0.2) is 0 Å². The van der Waals surface area contributed by atoms with Gasteiger partial charge in [0.1, 0.15) is 13.2 Å². The summed E-state index contributed by atoms with van der Waals surface area (Å²) in [4.78, 5) is 38.1. The number of allylic oxidation sites excluding steroid dienone is 16. The second-order valence-electron chi connectivity index (χ2n) is 18.9. The molecule has 0 fully saturated rings. The van der Waals surface area contributed by atoms with Crippen LogP contribution in [0.3, 0.4) is 0 Å². The van der Waals surface area contributed by atoms with Crippen LogP contribution >= 0.6 is 0 Å². The number of carbonyl (C=O) groups is 3. The smallest absolute Gasteiger partial charge is 0.306 e. The molecular weight excluding hydrogens is 853 g/mol. The Kier molecular flexibility index (Phi) is 53.9. The molecule has 0 radical (unpaired) electrons. The lowest BCUT2D eigenvalue weighted by Crippen LogP contribution is -2.30. The zero-order valence-electron chi connectivity index (χ0n) is 45.0. The third-order valence-corrected chi connectivity index (χ3v) is 12.1. The Morgan fingerprint density at radius 3 is 1.06 bits per heavy atom. The molecule has 0 aromatic rings. The summed E-state index contributed by atoms with van der Waals surface area (Å²) in [7, 11) is 0. The molecule has 0 saturated carbocycles. The summed E-state index contributed by atoms with van der Waals surface area (Å²) in [5, 5.41) is 0. The molecule has 1 atom stereocenters. The van der Waals surface area contributed by atoms with Crippen molar-refractivity contribution in [3.05, 3.63) is 97.2 Å². The summed E-state index contributed by atoms with van der Waals surface area (Å²) in [6, 6.07) is 0. The van der Waals surface area contributed by atoms with Crippen LogP contribution in [0.25, 0.3) is 0 Å². The van der Waals surface area contributed by atoms with Crippen molar-refractivity contribution in [1.29, 1.82) is 0 Å². The van der Waals surface area contributed by atoms with Crippen LogP contribution < -0.4 is 0 Å². The van der Waals surface area contributed by atoms with E-state index >= 15 is 0 Å². The minimum Gasteiger partial charge on any atom is -0.462 e. The van der Waals surface area contributed by atoms with E-state index in [1.807, 2.05) is 6.08 Å². The lowest BCUT2D eigenvalue weighted by Gasteiger charge is -2.18. The van der Waals surface area contributed by atoms with E-state index in [1.165, 1.54) is 141 Å². The number of ether oxygens (including phenoxy) is 3. The van der Waals surface area contributed by atoms with E-state index in [9.17, 15) is 14.4 Å². The van der Waals surface area contributed by atoms with Gasteiger partial charge in [-0.2, -0.15) is 0 Å². The second kappa shape index (κ2) is 56.9. The summed E-state index contributed by atoms with van der Waals surface area (Å²) in [5.74, 6) is -0.987. The maximum atomic E-state index is 12.9. The monoisotopic (exact) mass is 959 g/mol. The molecule has 0 amide bonds. The summed E-state index contributed by atoms with van der Waals surface area (Å²) in [6.45, 7) is 6.44. The highest BCUT2D eigenvalue weighted by atomic mass is 16.6. The minimum atomic E-state index is -0.809. The summed E-state index contributed by atoms with van der Waals surface area (Å²) in [6.07, 6.45) is 75.5. The van der Waals surface area contributed by atoms with E-state index in [0.717, 1.165) is 77.0 Å². The van der Waals surface area contributed by atoms with Crippen molar-refractivity contribution in [2.24, 2.45) is 0 Å². The fourth-order valence-corrected chi connectivity index (χ4v) is 7.81. The first-order chi connectivity index (χ1) is 34.0. The van der Waals surface area contributed by atoms with Crippen molar-refractivity contribution in [3.63, 3.8) is 0 Å². The Morgan fingerprint density at radius 2 is 0.638 bits per heavy atom. The maximum absolute atomic E-state index is 12.9. The van der Waals surface area contributed by atoms with Crippen molar-refractivity contribution in [2.75, 3.05) is 13.2 Å². The average Bonchev–Trinajstić information content (AvgIpc) is 3.35. The van der Waals surface area contributed by atoms with E-state index < -0.39 is 6.10 Å². The summed E-state index contributed by atoms with van der Waals surface area (Å²) in [5.41, 5.74) is 0. The molecule has 0 spiro atoms. The zero-order valence-corrected chi connectivity index (χ0v) is 45.0. The van der Waals surface area contributed by atoms with Gasteiger partial charge in [0.25, 0.3) is 0 Å². The third-order valence-electron chi connectivity index (χ3n) is 12.1. The van der Waals surface area contributed by atoms with Crippen LogP contribution in [0.1, 0.15) is 265 Å². The summed E-state index contributed by atoms with van der Waals surface area (Å²) >= 11 is 0. The molecule has 0 aliphatic heterocycles. The van der Waals surface area contributed by atoms with Crippen molar-refractivity contribution in [3.8, 4) is 0 Å². The predicted octanol–water partition coefficient (Wildman–Crippen LogP) is 19.3. The van der Waals surface area contributed by atoms with Crippen molar-refractivity contribution >= 4 is 17.9 Å². The molecule has 0 N–H and O–H groups in total. The van der Waals surface area contributed by atoms with E-state index in [-0.39, 0.29) is 37.5 Å². The maximum Gasteiger partial charge on any atom is 0.306 e. The lowest BCUT2D eigenvalue weighted by atomic mass is 10.0. The van der Waals surface area contributed by atoms with Crippen LogP contribution in [-0.2, 0) is 28.6 Å². The lowest BCUT2D eigenvalue weighted by molar-refractivity contribution is -0.166. The van der Waals surface area contributed by atoms with Crippen LogP contribution in [0.2, 0.25) is 0 Å². The number of hydrogen-bond donors (Lipinski definition) is 0. The molecule has 394 valence electrons. The van der Waals surface area contributed by atoms with Crippen molar-refractivity contribution in [1.82, 2.24) is 0 Å². The van der Waals surface area contributed by atoms with Gasteiger partial charge in [-0.1, -0.05) is 259 Å². The van der Waals surface area contributed by atoms with Crippen LogP contribution in [0.4, 0.5) is 0 Å². The Bertz CT molecular complexity index is 1380. The van der Waals surface area contributed by atoms with E-state index in [2.05, 4.69) is 112 Å². The number of hydrogen-bond acceptors (Lipinski definition) is 6. The fraction of sp³-hybridized carbons (Fsp3) is 0.698. The molecular formula is C63H106O6. The highest BCUT2D eigenvalue weighted by Crippen LogP contribution is 2.15. The molecule has 69 heavy (non-hydrogen) atoms. The van der Waals surface area contributed by atoms with Gasteiger partial charge in [-0.15, -0.1) is 0 Å². The molecule has 0 aliphatic carbocycles. The number of rotatable bonds is 51. The predicted molar refractivity (Wildman–Crippen MR) is 297 cm³/mol. The van der Waals surface area contributed by atoms with E-state index in [1.54, 1.807) is 0 Å². The Balaban J connectivity index is 4.48. The molecule has 0 saturated heterocycles. The van der Waals surface area contributed by atoms with Gasteiger partial charge in [-0.05, 0) is 83.5 Å². The molecule has 6 heteroatoms. The third kappa shape index (κ3) is 55.1. The first kappa shape index (κ1) is 65.3. The Morgan fingerprint density at radius 1 is 0.319 bits per heavy atom. The van der Waals surface area contributed by atoms with Gasteiger partial charge in [0.05, 0.1) is 0 Å². The standard InChI is InChI=1S/C63H106O6/c1-4-7-10-13-16-19-22-25-27-29-31-33-35-38-41-44-47-50-53-56-62(65)68-59-60(58-67-61(64)55-52-49-46-43-40-37-24-21-18-15-12-9-6-3)69-63(66)57-54-51-48-45-42-39-36-34-32-30-28-26-23-20-17-14-11-8-5-2/h7,10,16-17,19-20,23,25-27,31,33,38,41,47,50,60H,4-6,8-9,11-15,18,21-22,24,28-30,32,34-37,39-40,42-46,48-49,51-59H2,1-3H3/b10-7-,19-16-,20-17-,26-23-,27-25-,33-31-,41-38-,50-47-. The topological polar surface area (TPSA) is 78.9 Å². The van der Waals surface area contributed by atoms with Gasteiger partial charge < -0.3 is 14.2 Å². The zero-order chi connectivity index (χ0) is 50.0. The normalized spacial score (nSPS) is 12.8. The Labute approximate surface area is 426 Å². The van der Waals surface area contributed by atoms with Crippen LogP contribution in [-0.4, -0.2) is 37.2 Å². The minimum absolute atomic E-state index is 0.101. The highest BCUT2D eigenvalue weighted by Gasteiger charge is 2.19. The van der Waals surface area contributed by atoms with Gasteiger partial charge in [0.15, 0.2) is 6.10 Å². The molecule has 1 unspecified atom stereocenters. The average molecular weight is 960 g/mol. The SMILES string of the molecule is CC/C=C\C/C=C\C/C=C\C/C=C\C/C=C\C/C=C\CCC(=O)OCC(COC(=O)CCCCCCCCCCCCCCC)OC(=O)CCCCCCCCCCCC/C=C\C=C/CCCCC. The van der Waals surface area contributed by atoms with Crippen molar-refractivity contribution in [2.45, 2.75) is 271 Å². The quantitative estimate of drug-likeness (QED) is 0.0199. The molecule has 0 aliphatic rings. The number of unbranched alkanes of at least 4 members (excludes halogenated alkanes) is 25. The summed E-state index contributed by atoms with van der Waals surface area (Å²) < 4.78 is 16.8. The van der Waals surface area contributed by atoms with Crippen LogP contribution in [0, 0.1) is 0 Å². The largest absolute Gasteiger partial charge is 0.462 e. The van der Waals surface area contributed by atoms with Gasteiger partial charge >= 0.3 is 17.9 Å².